The summed E-state index contributed by atoms with van der Waals surface area (Å²) in [5.41, 5.74) is 3.35. The molecule has 1 aliphatic rings. The number of fused-ring (bicyclic) bond motifs is 1. The van der Waals surface area contributed by atoms with Crippen LogP contribution in [0, 0.1) is 13.8 Å². The van der Waals surface area contributed by atoms with Crippen LogP contribution in [0.1, 0.15) is 43.7 Å². The Bertz CT molecular complexity index is 730. The summed E-state index contributed by atoms with van der Waals surface area (Å²) < 4.78 is 20.3. The molecule has 0 spiro atoms. The van der Waals surface area contributed by atoms with E-state index >= 15 is 0 Å². The van der Waals surface area contributed by atoms with Crippen molar-refractivity contribution in [2.45, 2.75) is 58.5 Å². The fourth-order valence-electron chi connectivity index (χ4n) is 2.49. The van der Waals surface area contributed by atoms with Gasteiger partial charge in [-0.25, -0.2) is 13.5 Å². The average Bonchev–Trinajstić information content (AvgIpc) is 2.85. The molecule has 2 heterocycles. The molecule has 24 heavy (non-hydrogen) atoms. The van der Waals surface area contributed by atoms with E-state index in [4.69, 9.17) is 4.42 Å². The number of hydrogen-bond donors (Lipinski definition) is 0. The Hall–Kier alpha value is -1.72. The smallest absolute Gasteiger partial charge is 0.191 e. The number of allylic oxidation sites excluding steroid dienone is 1. The zero-order chi connectivity index (χ0) is 17.9. The van der Waals surface area contributed by atoms with Gasteiger partial charge in [-0.05, 0) is 39.8 Å². The van der Waals surface area contributed by atoms with E-state index in [0.717, 1.165) is 22.8 Å². The Morgan fingerprint density at radius 2 is 1.88 bits per heavy atom. The predicted molar refractivity (Wildman–Crippen MR) is 98.0 cm³/mol. The highest BCUT2D eigenvalue weighted by Gasteiger charge is 2.31. The number of aryl methyl sites for hydroxylation is 2. The van der Waals surface area contributed by atoms with Gasteiger partial charge in [0.25, 0.3) is 0 Å². The third-order valence-corrected chi connectivity index (χ3v) is 5.19. The highest BCUT2D eigenvalue weighted by Crippen LogP contribution is 2.27. The van der Waals surface area contributed by atoms with Gasteiger partial charge in [-0.3, -0.25) is 0 Å². The van der Waals surface area contributed by atoms with E-state index in [0.29, 0.717) is 12.4 Å². The summed E-state index contributed by atoms with van der Waals surface area (Å²) >= 11 is 0. The summed E-state index contributed by atoms with van der Waals surface area (Å²) in [6.45, 7) is 14.0. The second-order valence-corrected chi connectivity index (χ2v) is 7.94. The number of rotatable bonds is 2. The normalized spacial score (nSPS) is 18.3. The van der Waals surface area contributed by atoms with Crippen molar-refractivity contribution < 1.29 is 8.63 Å². The Morgan fingerprint density at radius 1 is 1.29 bits per heavy atom. The van der Waals surface area contributed by atoms with Gasteiger partial charge >= 0.3 is 0 Å². The van der Waals surface area contributed by atoms with Crippen molar-refractivity contribution in [3.05, 3.63) is 59.3 Å². The first kappa shape index (κ1) is 18.6. The zero-order valence-electron chi connectivity index (χ0n) is 15.1. The van der Waals surface area contributed by atoms with Crippen LogP contribution in [0.15, 0.2) is 45.7 Å². The van der Waals surface area contributed by atoms with Crippen LogP contribution in [0.4, 0.5) is 0 Å². The van der Waals surface area contributed by atoms with E-state index in [1.54, 1.807) is 0 Å². The first-order valence-corrected chi connectivity index (χ1v) is 9.21. The molecule has 1 aromatic carbocycles. The van der Waals surface area contributed by atoms with Gasteiger partial charge in [-0.2, -0.15) is 0 Å². The van der Waals surface area contributed by atoms with Crippen LogP contribution in [0.2, 0.25) is 0 Å². The number of benzene rings is 1. The lowest BCUT2D eigenvalue weighted by Gasteiger charge is -2.30. The second-order valence-electron chi connectivity index (χ2n) is 6.50. The number of hydrogen-bond acceptors (Lipinski definition) is 3. The van der Waals surface area contributed by atoms with E-state index in [9.17, 15) is 4.21 Å². The Labute approximate surface area is 147 Å². The van der Waals surface area contributed by atoms with Gasteiger partial charge in [0.1, 0.15) is 16.7 Å². The first-order chi connectivity index (χ1) is 11.3. The van der Waals surface area contributed by atoms with Crippen LogP contribution in [0.3, 0.4) is 0 Å². The molecule has 0 N–H and O–H groups in total. The van der Waals surface area contributed by atoms with Crippen molar-refractivity contribution in [2.75, 3.05) is 0 Å². The molecule has 0 fully saturated rings. The van der Waals surface area contributed by atoms with Crippen molar-refractivity contribution in [2.24, 2.45) is 0 Å². The van der Waals surface area contributed by atoms with Gasteiger partial charge < -0.3 is 4.42 Å². The van der Waals surface area contributed by atoms with Crippen molar-refractivity contribution >= 4 is 11.0 Å². The average molecular weight is 346 g/mol. The minimum Gasteiger partial charge on any atom is -0.444 e. The van der Waals surface area contributed by atoms with E-state index in [1.165, 1.54) is 11.1 Å². The van der Waals surface area contributed by atoms with Crippen LogP contribution < -0.4 is 0 Å². The van der Waals surface area contributed by atoms with Gasteiger partial charge in [0.15, 0.2) is 5.89 Å². The second kappa shape index (κ2) is 7.90. The Kier molecular flexibility index (Phi) is 6.13. The summed E-state index contributed by atoms with van der Waals surface area (Å²) in [5.74, 6) is 1.53. The summed E-state index contributed by atoms with van der Waals surface area (Å²) in [6.07, 6.45) is 0.782. The first-order valence-electron chi connectivity index (χ1n) is 8.10. The summed E-state index contributed by atoms with van der Waals surface area (Å²) in [7, 11) is -1.16. The molecule has 3 rings (SSSR count). The highest BCUT2D eigenvalue weighted by molar-refractivity contribution is 7.82. The minimum absolute atomic E-state index is 0.189. The molecule has 2 unspecified atom stereocenters. The maximum absolute atomic E-state index is 12.7. The van der Waals surface area contributed by atoms with Gasteiger partial charge in [0.2, 0.25) is 0 Å². The Morgan fingerprint density at radius 3 is 2.46 bits per heavy atom. The minimum atomic E-state index is -1.16. The summed E-state index contributed by atoms with van der Waals surface area (Å²) in [5, 5.41) is 0. The molecule has 0 saturated heterocycles. The maximum Gasteiger partial charge on any atom is 0.191 e. The fraction of sp³-hybridized carbons (Fsp3) is 0.421. The van der Waals surface area contributed by atoms with Gasteiger partial charge in [0.05, 0.1) is 17.1 Å². The molecule has 1 aliphatic heterocycles. The topological polar surface area (TPSA) is 46.3 Å². The fourth-order valence-corrected chi connectivity index (χ4v) is 3.76. The summed E-state index contributed by atoms with van der Waals surface area (Å²) in [6, 6.07) is 8.03. The van der Waals surface area contributed by atoms with Crippen molar-refractivity contribution in [3.63, 3.8) is 0 Å². The molecule has 1 aromatic heterocycles. The van der Waals surface area contributed by atoms with Crippen LogP contribution in [-0.2, 0) is 24.0 Å². The number of aromatic nitrogens is 1. The molecular weight excluding hydrogens is 320 g/mol. The molecule has 0 saturated carbocycles. The standard InChI is InChI=1S/C15H18N2O2S.C4H8/c1-10-4-6-13(7-5-10)20(18)17-9-15-14(8-11(17)2)16-12(3)19-15;1-4(2)3/h4-7,11H,8-9H2,1-3H3;1H2,2-3H3. The molecule has 2 aromatic rings. The molecule has 2 atom stereocenters. The largest absolute Gasteiger partial charge is 0.444 e. The maximum atomic E-state index is 12.7. The highest BCUT2D eigenvalue weighted by atomic mass is 32.2. The van der Waals surface area contributed by atoms with Crippen molar-refractivity contribution in [1.29, 1.82) is 0 Å². The lowest BCUT2D eigenvalue weighted by Crippen LogP contribution is -2.39. The quantitative estimate of drug-likeness (QED) is 0.760. The van der Waals surface area contributed by atoms with E-state index in [-0.39, 0.29) is 6.04 Å². The van der Waals surface area contributed by atoms with E-state index in [1.807, 2.05) is 56.3 Å². The molecule has 0 bridgehead atoms. The lowest BCUT2D eigenvalue weighted by molar-refractivity contribution is 0.289. The molecule has 0 radical (unpaired) electrons. The molecule has 4 nitrogen and oxygen atoms in total. The van der Waals surface area contributed by atoms with Crippen LogP contribution in [0.25, 0.3) is 0 Å². The molecule has 130 valence electrons. The lowest BCUT2D eigenvalue weighted by atomic mass is 10.1. The third-order valence-electron chi connectivity index (χ3n) is 3.60. The van der Waals surface area contributed by atoms with E-state index in [2.05, 4.69) is 18.5 Å². The predicted octanol–water partition coefficient (Wildman–Crippen LogP) is 4.34. The Balaban J connectivity index is 0.000000471. The number of oxazole rings is 1. The SMILES string of the molecule is C=C(C)C.Cc1ccc(S(=O)N2Cc3oc(C)nc3CC2C)cc1. The molecule has 0 aliphatic carbocycles. The number of nitrogens with zero attached hydrogens (tertiary/aromatic N) is 2. The van der Waals surface area contributed by atoms with Gasteiger partial charge in [-0.1, -0.05) is 23.3 Å². The third kappa shape index (κ3) is 4.65. The van der Waals surface area contributed by atoms with Crippen LogP contribution in [0.5, 0.6) is 0 Å². The van der Waals surface area contributed by atoms with Crippen LogP contribution >= 0.6 is 0 Å². The van der Waals surface area contributed by atoms with Crippen molar-refractivity contribution in [3.8, 4) is 0 Å². The van der Waals surface area contributed by atoms with E-state index < -0.39 is 11.0 Å². The van der Waals surface area contributed by atoms with Crippen molar-refractivity contribution in [1.82, 2.24) is 9.29 Å². The van der Waals surface area contributed by atoms with Gasteiger partial charge in [0, 0.05) is 19.4 Å². The summed E-state index contributed by atoms with van der Waals surface area (Å²) in [4.78, 5) is 5.22. The monoisotopic (exact) mass is 346 g/mol. The zero-order valence-corrected chi connectivity index (χ0v) is 15.9. The molecule has 0 amide bonds. The van der Waals surface area contributed by atoms with Gasteiger partial charge in [-0.15, -0.1) is 6.58 Å². The molecule has 5 heteroatoms. The van der Waals surface area contributed by atoms with Crippen LogP contribution in [-0.4, -0.2) is 19.5 Å². The molecular formula is C19H26N2O2S.